The number of hydrogen-bond acceptors (Lipinski definition) is 16. The van der Waals surface area contributed by atoms with Crippen LogP contribution in [-0.2, 0) is 59.2 Å². The molecule has 69 heavy (non-hydrogen) atoms. The predicted octanol–water partition coefficient (Wildman–Crippen LogP) is -5.12. The van der Waals surface area contributed by atoms with Gasteiger partial charge < -0.3 is 75.8 Å². The maximum Gasteiger partial charge on any atom is 0.245 e. The van der Waals surface area contributed by atoms with Crippen molar-refractivity contribution >= 4 is 86.6 Å². The normalized spacial score (nSPS) is 26.2. The highest BCUT2D eigenvalue weighted by molar-refractivity contribution is 8.76. The number of unbranched alkanes of at least 4 members (excludes halogenated alkanes) is 1. The van der Waals surface area contributed by atoms with Crippen LogP contribution in [-0.4, -0.2) is 159 Å². The zero-order chi connectivity index (χ0) is 51.2. The lowest BCUT2D eigenvalue weighted by Gasteiger charge is -2.32. The Kier molecular flexibility index (Phi) is 24.2. The molecule has 2 saturated heterocycles. The van der Waals surface area contributed by atoms with E-state index in [-0.39, 0.29) is 56.6 Å². The van der Waals surface area contributed by atoms with Gasteiger partial charge in [0.1, 0.15) is 42.3 Å². The fraction of sp³-hybridized carbons (Fsp3) is 0.659. The predicted molar refractivity (Wildman–Crippen MR) is 253 cm³/mol. The van der Waals surface area contributed by atoms with Crippen molar-refractivity contribution in [3.63, 3.8) is 0 Å². The average Bonchev–Trinajstić information content (AvgIpc) is 4.02. The molecule has 0 radical (unpaired) electrons. The highest BCUT2D eigenvalue weighted by atomic mass is 33.1. The van der Waals surface area contributed by atoms with Gasteiger partial charge in [-0.15, -0.1) is 0 Å². The Labute approximate surface area is 406 Å². The molecule has 26 nitrogen and oxygen atoms in total. The molecule has 11 amide bonds. The van der Waals surface area contributed by atoms with E-state index in [2.05, 4.69) is 47.2 Å². The number of primary amides is 3. The van der Waals surface area contributed by atoms with E-state index in [1.807, 2.05) is 6.92 Å². The molecule has 2 aliphatic rings. The lowest BCUT2D eigenvalue weighted by Crippen LogP contribution is -2.60. The molecule has 0 aliphatic carbocycles. The number of carbonyl (C=O) groups is 11. The first-order chi connectivity index (χ1) is 32.7. The molecule has 0 aromatic carbocycles. The van der Waals surface area contributed by atoms with Crippen LogP contribution >= 0.6 is 21.6 Å². The van der Waals surface area contributed by atoms with Crippen molar-refractivity contribution in [1.82, 2.24) is 52.1 Å². The van der Waals surface area contributed by atoms with E-state index in [1.54, 1.807) is 6.92 Å². The molecule has 2 aliphatic heterocycles. The van der Waals surface area contributed by atoms with Crippen LogP contribution in [0.3, 0.4) is 0 Å². The Bertz CT molecular complexity index is 1980. The number of H-pyrrole nitrogens is 1. The highest BCUT2D eigenvalue weighted by Crippen LogP contribution is 2.24. The third-order valence-electron chi connectivity index (χ3n) is 11.4. The SMILES string of the molecule is CC[C@H](C)[C@@H]1NC(=O)[C@@H](N)CSSC[C@@H](C(N)=O)NC(=O)[C@H](CCC(N)=O)NC(=O)CNC(=O)[C@H](CCC(N)=O)NC(=O)[C@H](Cc2cnc[nH]2)NC(=O)[C@@H]2CCCN2C(=O)[C@H](CCCCN)NC1=O. The summed E-state index contributed by atoms with van der Waals surface area (Å²) in [6.07, 6.45) is 3.24. The third kappa shape index (κ3) is 19.1. The molecule has 28 heteroatoms. The molecule has 2 fully saturated rings. The van der Waals surface area contributed by atoms with Crippen molar-refractivity contribution < 1.29 is 52.7 Å². The van der Waals surface area contributed by atoms with E-state index in [0.717, 1.165) is 21.6 Å². The Morgan fingerprint density at radius 2 is 1.38 bits per heavy atom. The van der Waals surface area contributed by atoms with E-state index in [0.29, 0.717) is 37.9 Å². The summed E-state index contributed by atoms with van der Waals surface area (Å²) in [6.45, 7) is 3.20. The van der Waals surface area contributed by atoms with Gasteiger partial charge in [0.25, 0.3) is 0 Å². The van der Waals surface area contributed by atoms with E-state index in [9.17, 15) is 52.7 Å². The monoisotopic (exact) mass is 1010 g/mol. The van der Waals surface area contributed by atoms with Crippen LogP contribution in [0.5, 0.6) is 0 Å². The first-order valence-electron chi connectivity index (χ1n) is 22.7. The number of rotatable bonds is 15. The van der Waals surface area contributed by atoms with Gasteiger partial charge in [0.15, 0.2) is 0 Å². The third-order valence-corrected chi connectivity index (χ3v) is 13.9. The minimum atomic E-state index is -1.50. The lowest BCUT2D eigenvalue weighted by atomic mass is 9.97. The molecule has 0 bridgehead atoms. The van der Waals surface area contributed by atoms with Gasteiger partial charge in [-0.3, -0.25) is 52.7 Å². The number of fused-ring (bicyclic) bond motifs is 1. The van der Waals surface area contributed by atoms with Crippen LogP contribution in [0.1, 0.15) is 83.7 Å². The zero-order valence-corrected chi connectivity index (χ0v) is 40.4. The number of nitrogens with one attached hydrogen (secondary N) is 8. The molecule has 3 rings (SSSR count). The number of aromatic amines is 1. The van der Waals surface area contributed by atoms with Crippen LogP contribution in [0.4, 0.5) is 0 Å². The number of amides is 11. The van der Waals surface area contributed by atoms with Gasteiger partial charge in [-0.2, -0.15) is 0 Å². The summed E-state index contributed by atoms with van der Waals surface area (Å²) >= 11 is 0. The summed E-state index contributed by atoms with van der Waals surface area (Å²) in [6, 6.07) is -10.3. The maximum absolute atomic E-state index is 14.4. The summed E-state index contributed by atoms with van der Waals surface area (Å²) in [5.41, 5.74) is 28.6. The molecule has 9 atom stereocenters. The van der Waals surface area contributed by atoms with Crippen molar-refractivity contribution in [2.24, 2.45) is 34.6 Å². The molecule has 0 unspecified atom stereocenters. The first-order valence-corrected chi connectivity index (χ1v) is 25.2. The minimum Gasteiger partial charge on any atom is -0.370 e. The number of hydrogen-bond donors (Lipinski definition) is 13. The Balaban J connectivity index is 2.04. The number of nitrogens with zero attached hydrogens (tertiary/aromatic N) is 2. The van der Waals surface area contributed by atoms with Crippen LogP contribution < -0.4 is 65.9 Å². The fourth-order valence-corrected chi connectivity index (χ4v) is 9.57. The molecule has 1 aromatic heterocycles. The minimum absolute atomic E-state index is 0.0281. The topological polar surface area (TPSA) is 434 Å². The second kappa shape index (κ2) is 29.1. The smallest absolute Gasteiger partial charge is 0.245 e. The summed E-state index contributed by atoms with van der Waals surface area (Å²) in [5, 5.41) is 17.8. The Morgan fingerprint density at radius 3 is 1.99 bits per heavy atom. The van der Waals surface area contributed by atoms with Crippen molar-refractivity contribution in [2.45, 2.75) is 133 Å². The van der Waals surface area contributed by atoms with Gasteiger partial charge in [0.2, 0.25) is 65.0 Å². The standard InChI is InChI=1S/C41H67N15O11S2/c1-3-21(2)33-40(66)52-26(7-4-5-13-42)41(67)56-14-6-8-29(56)39(65)53-27(15-22-16-47-20-49-22)38(64)51-24(9-11-30(44)57)36(62)48-17-32(59)50-25(10-12-31(45)58)37(63)54-28(34(46)60)19-69-68-18-23(43)35(61)55-33/h16,20-21,23-29,33H,3-15,17-19,42-43H2,1-2H3,(H2,44,57)(H2,45,58)(H2,46,60)(H,47,49)(H,48,62)(H,50,59)(H,51,64)(H,52,66)(H,53,65)(H,54,63)(H,55,61)/t21-,23-,24-,25-,26-,27-,28-,29-,33-/m0/s1. The number of imidazole rings is 1. The zero-order valence-electron chi connectivity index (χ0n) is 38.8. The van der Waals surface area contributed by atoms with E-state index >= 15 is 0 Å². The molecule has 384 valence electrons. The van der Waals surface area contributed by atoms with E-state index in [1.165, 1.54) is 17.4 Å². The quantitative estimate of drug-likeness (QED) is 0.0577. The van der Waals surface area contributed by atoms with Crippen LogP contribution in [0.25, 0.3) is 0 Å². The second-order valence-electron chi connectivity index (χ2n) is 16.8. The lowest BCUT2D eigenvalue weighted by molar-refractivity contribution is -0.143. The van der Waals surface area contributed by atoms with Crippen molar-refractivity contribution in [2.75, 3.05) is 31.1 Å². The highest BCUT2D eigenvalue weighted by Gasteiger charge is 2.40. The summed E-state index contributed by atoms with van der Waals surface area (Å²) in [7, 11) is 2.10. The Hall–Kier alpha value is -6.00. The molecule has 18 N–H and O–H groups in total. The maximum atomic E-state index is 14.4. The number of carbonyl (C=O) groups excluding carboxylic acids is 11. The molecule has 0 spiro atoms. The fourth-order valence-electron chi connectivity index (χ4n) is 7.27. The molecular weight excluding hydrogens is 943 g/mol. The molecule has 3 heterocycles. The Morgan fingerprint density at radius 1 is 0.754 bits per heavy atom. The van der Waals surface area contributed by atoms with Crippen LogP contribution in [0, 0.1) is 5.92 Å². The van der Waals surface area contributed by atoms with Gasteiger partial charge >= 0.3 is 0 Å². The number of nitrogens with two attached hydrogens (primary N) is 5. The molecular formula is C41H67N15O11S2. The van der Waals surface area contributed by atoms with Gasteiger partial charge in [0.05, 0.1) is 18.9 Å². The van der Waals surface area contributed by atoms with E-state index in [4.69, 9.17) is 28.7 Å². The summed E-state index contributed by atoms with van der Waals surface area (Å²) in [5.74, 6) is -9.59. The van der Waals surface area contributed by atoms with Crippen molar-refractivity contribution in [3.8, 4) is 0 Å². The number of aromatic nitrogens is 2. The second-order valence-corrected chi connectivity index (χ2v) is 19.3. The van der Waals surface area contributed by atoms with Gasteiger partial charge in [0, 0.05) is 49.2 Å². The summed E-state index contributed by atoms with van der Waals surface area (Å²) < 4.78 is 0. The van der Waals surface area contributed by atoms with Gasteiger partial charge in [-0.05, 0) is 57.4 Å². The van der Waals surface area contributed by atoms with Gasteiger partial charge in [-0.1, -0.05) is 41.9 Å². The van der Waals surface area contributed by atoms with Crippen molar-refractivity contribution in [3.05, 3.63) is 18.2 Å². The average molecular weight is 1010 g/mol. The van der Waals surface area contributed by atoms with E-state index < -0.39 is 132 Å². The molecule has 1 aromatic rings. The van der Waals surface area contributed by atoms with Crippen molar-refractivity contribution in [1.29, 1.82) is 0 Å². The van der Waals surface area contributed by atoms with Crippen LogP contribution in [0.2, 0.25) is 0 Å². The summed E-state index contributed by atoms with van der Waals surface area (Å²) in [4.78, 5) is 154. The largest absolute Gasteiger partial charge is 0.370 e. The van der Waals surface area contributed by atoms with Gasteiger partial charge in [-0.25, -0.2) is 4.98 Å². The molecule has 0 saturated carbocycles. The van der Waals surface area contributed by atoms with Crippen LogP contribution in [0.15, 0.2) is 12.5 Å². The first kappa shape index (κ1) is 57.3.